The molecule has 1 aromatic rings. The monoisotopic (exact) mass is 178 g/mol. The van der Waals surface area contributed by atoms with Crippen molar-refractivity contribution in [2.75, 3.05) is 13.2 Å². The lowest BCUT2D eigenvalue weighted by Crippen LogP contribution is -2.06. The van der Waals surface area contributed by atoms with Crippen molar-refractivity contribution < 1.29 is 4.74 Å². The van der Waals surface area contributed by atoms with Crippen LogP contribution in [0, 0.1) is 12.8 Å². The lowest BCUT2D eigenvalue weighted by Gasteiger charge is -2.06. The molecule has 3 nitrogen and oxygen atoms in total. The summed E-state index contributed by atoms with van der Waals surface area (Å²) in [7, 11) is 0. The molecule has 1 fully saturated rings. The third-order valence-corrected chi connectivity index (χ3v) is 2.36. The molecule has 70 valence electrons. The predicted octanol–water partition coefficient (Wildman–Crippen LogP) is 1.36. The minimum Gasteiger partial charge on any atom is -0.381 e. The largest absolute Gasteiger partial charge is 0.381 e. The maximum absolute atomic E-state index is 5.32. The van der Waals surface area contributed by atoms with Gasteiger partial charge in [-0.25, -0.2) is 9.97 Å². The molecule has 13 heavy (non-hydrogen) atoms. The summed E-state index contributed by atoms with van der Waals surface area (Å²) < 4.78 is 5.32. The highest BCUT2D eigenvalue weighted by atomic mass is 16.5. The molecule has 1 aromatic heterocycles. The first kappa shape index (κ1) is 8.63. The van der Waals surface area contributed by atoms with Gasteiger partial charge in [-0.15, -0.1) is 0 Å². The van der Waals surface area contributed by atoms with Crippen LogP contribution in [0.3, 0.4) is 0 Å². The van der Waals surface area contributed by atoms with Gasteiger partial charge in [0.25, 0.3) is 0 Å². The van der Waals surface area contributed by atoms with Gasteiger partial charge in [0, 0.05) is 25.1 Å². The predicted molar refractivity (Wildman–Crippen MR) is 49.4 cm³/mol. The molecule has 0 aromatic carbocycles. The van der Waals surface area contributed by atoms with Crippen LogP contribution in [0.5, 0.6) is 0 Å². The van der Waals surface area contributed by atoms with Crippen molar-refractivity contribution >= 4 is 0 Å². The van der Waals surface area contributed by atoms with Crippen molar-refractivity contribution in [2.45, 2.75) is 19.8 Å². The van der Waals surface area contributed by atoms with Crippen molar-refractivity contribution in [1.29, 1.82) is 0 Å². The van der Waals surface area contributed by atoms with Gasteiger partial charge in [0.05, 0.1) is 0 Å². The molecule has 1 saturated heterocycles. The topological polar surface area (TPSA) is 35.0 Å². The number of hydrogen-bond acceptors (Lipinski definition) is 3. The first-order chi connectivity index (χ1) is 6.34. The van der Waals surface area contributed by atoms with Gasteiger partial charge < -0.3 is 4.74 Å². The van der Waals surface area contributed by atoms with Crippen LogP contribution in [0.4, 0.5) is 0 Å². The summed E-state index contributed by atoms with van der Waals surface area (Å²) in [5.41, 5.74) is 1.14. The molecule has 1 atom stereocenters. The minimum atomic E-state index is 0.661. The van der Waals surface area contributed by atoms with E-state index in [9.17, 15) is 0 Å². The van der Waals surface area contributed by atoms with E-state index in [2.05, 4.69) is 9.97 Å². The maximum atomic E-state index is 5.32. The first-order valence-corrected chi connectivity index (χ1v) is 4.71. The standard InChI is InChI=1S/C10H14N2O/c1-8-11-4-2-10(12-8)6-9-3-5-13-7-9/h2,4,9H,3,5-7H2,1H3. The SMILES string of the molecule is Cc1nccc(CC2CCOC2)n1. The van der Waals surface area contributed by atoms with Crippen LogP contribution in [0.15, 0.2) is 12.3 Å². The van der Waals surface area contributed by atoms with Gasteiger partial charge in [-0.1, -0.05) is 0 Å². The van der Waals surface area contributed by atoms with Crippen LogP contribution < -0.4 is 0 Å². The average molecular weight is 178 g/mol. The number of hydrogen-bond donors (Lipinski definition) is 0. The summed E-state index contributed by atoms with van der Waals surface area (Å²) in [4.78, 5) is 8.44. The average Bonchev–Trinajstić information content (AvgIpc) is 2.57. The van der Waals surface area contributed by atoms with Crippen LogP contribution in [0.1, 0.15) is 17.9 Å². The fourth-order valence-electron chi connectivity index (χ4n) is 1.66. The summed E-state index contributed by atoms with van der Waals surface area (Å²) >= 11 is 0. The Morgan fingerprint density at radius 1 is 1.62 bits per heavy atom. The van der Waals surface area contributed by atoms with Crippen LogP contribution in [0.25, 0.3) is 0 Å². The third kappa shape index (κ3) is 2.25. The van der Waals surface area contributed by atoms with Crippen LogP contribution in [-0.2, 0) is 11.2 Å². The Balaban J connectivity index is 2.00. The van der Waals surface area contributed by atoms with Gasteiger partial charge in [-0.2, -0.15) is 0 Å². The molecule has 2 heterocycles. The lowest BCUT2D eigenvalue weighted by atomic mass is 10.0. The normalized spacial score (nSPS) is 22.1. The molecule has 0 N–H and O–H groups in total. The molecule has 1 unspecified atom stereocenters. The van der Waals surface area contributed by atoms with Crippen molar-refractivity contribution in [3.05, 3.63) is 23.8 Å². The number of ether oxygens (including phenoxy) is 1. The smallest absolute Gasteiger partial charge is 0.125 e. The summed E-state index contributed by atoms with van der Waals surface area (Å²) in [6.45, 7) is 3.73. The molecule has 0 bridgehead atoms. The Morgan fingerprint density at radius 3 is 3.23 bits per heavy atom. The highest BCUT2D eigenvalue weighted by molar-refractivity contribution is 5.02. The van der Waals surface area contributed by atoms with E-state index in [0.717, 1.165) is 31.2 Å². The second-order valence-electron chi connectivity index (χ2n) is 3.53. The number of aromatic nitrogens is 2. The van der Waals surface area contributed by atoms with Gasteiger partial charge >= 0.3 is 0 Å². The van der Waals surface area contributed by atoms with Crippen molar-refractivity contribution in [3.8, 4) is 0 Å². The number of aryl methyl sites for hydroxylation is 1. The Morgan fingerprint density at radius 2 is 2.54 bits per heavy atom. The quantitative estimate of drug-likeness (QED) is 0.686. The van der Waals surface area contributed by atoms with E-state index in [1.807, 2.05) is 19.2 Å². The molecule has 0 radical (unpaired) electrons. The zero-order chi connectivity index (χ0) is 9.10. The zero-order valence-corrected chi connectivity index (χ0v) is 7.86. The van der Waals surface area contributed by atoms with Crippen LogP contribution in [-0.4, -0.2) is 23.2 Å². The van der Waals surface area contributed by atoms with Gasteiger partial charge in [-0.3, -0.25) is 0 Å². The van der Waals surface area contributed by atoms with E-state index in [1.54, 1.807) is 0 Å². The second-order valence-corrected chi connectivity index (χ2v) is 3.53. The zero-order valence-electron chi connectivity index (χ0n) is 7.86. The summed E-state index contributed by atoms with van der Waals surface area (Å²) in [6.07, 6.45) is 4.03. The fraction of sp³-hybridized carbons (Fsp3) is 0.600. The Bertz CT molecular complexity index is 282. The molecule has 3 heteroatoms. The van der Waals surface area contributed by atoms with E-state index in [-0.39, 0.29) is 0 Å². The van der Waals surface area contributed by atoms with Gasteiger partial charge in [0.2, 0.25) is 0 Å². The summed E-state index contributed by atoms with van der Waals surface area (Å²) in [5, 5.41) is 0. The maximum Gasteiger partial charge on any atom is 0.125 e. The van der Waals surface area contributed by atoms with E-state index in [1.165, 1.54) is 6.42 Å². The van der Waals surface area contributed by atoms with E-state index < -0.39 is 0 Å². The Hall–Kier alpha value is -0.960. The molecule has 0 aliphatic carbocycles. The van der Waals surface area contributed by atoms with Gasteiger partial charge in [0.15, 0.2) is 0 Å². The second kappa shape index (κ2) is 3.83. The summed E-state index contributed by atoms with van der Waals surface area (Å²) in [5.74, 6) is 1.52. The van der Waals surface area contributed by atoms with Crippen molar-refractivity contribution in [2.24, 2.45) is 5.92 Å². The van der Waals surface area contributed by atoms with Gasteiger partial charge in [-0.05, 0) is 31.7 Å². The highest BCUT2D eigenvalue weighted by Gasteiger charge is 2.16. The molecule has 1 aliphatic heterocycles. The molecular formula is C10H14N2O. The summed E-state index contributed by atoms with van der Waals surface area (Å²) in [6, 6.07) is 1.99. The van der Waals surface area contributed by atoms with Gasteiger partial charge in [0.1, 0.15) is 5.82 Å². The van der Waals surface area contributed by atoms with Crippen molar-refractivity contribution in [3.63, 3.8) is 0 Å². The van der Waals surface area contributed by atoms with E-state index in [4.69, 9.17) is 4.74 Å². The first-order valence-electron chi connectivity index (χ1n) is 4.71. The van der Waals surface area contributed by atoms with E-state index in [0.29, 0.717) is 5.92 Å². The molecule has 1 aliphatic rings. The minimum absolute atomic E-state index is 0.661. The van der Waals surface area contributed by atoms with Crippen LogP contribution in [0.2, 0.25) is 0 Å². The Labute approximate surface area is 78.2 Å². The van der Waals surface area contributed by atoms with Crippen molar-refractivity contribution in [1.82, 2.24) is 9.97 Å². The molecule has 0 amide bonds. The Kier molecular flexibility index (Phi) is 2.54. The fourth-order valence-corrected chi connectivity index (χ4v) is 1.66. The lowest BCUT2D eigenvalue weighted by molar-refractivity contribution is 0.185. The number of nitrogens with zero attached hydrogens (tertiary/aromatic N) is 2. The number of rotatable bonds is 2. The van der Waals surface area contributed by atoms with Crippen LogP contribution >= 0.6 is 0 Å². The molecular weight excluding hydrogens is 164 g/mol. The van der Waals surface area contributed by atoms with E-state index >= 15 is 0 Å². The highest BCUT2D eigenvalue weighted by Crippen LogP contribution is 2.16. The molecule has 0 saturated carbocycles. The molecule has 2 rings (SSSR count). The third-order valence-electron chi connectivity index (χ3n) is 2.36. The molecule has 0 spiro atoms.